The van der Waals surface area contributed by atoms with Crippen LogP contribution in [0.2, 0.25) is 0 Å². The molecule has 0 saturated carbocycles. The molecular formula is C10H14N4O2S3. The molecule has 6 nitrogen and oxygen atoms in total. The van der Waals surface area contributed by atoms with Crippen molar-refractivity contribution in [2.75, 3.05) is 24.6 Å². The highest BCUT2D eigenvalue weighted by Crippen LogP contribution is 2.29. The zero-order valence-electron chi connectivity index (χ0n) is 10.3. The number of aromatic nitrogens is 2. The van der Waals surface area contributed by atoms with Crippen LogP contribution in [0.25, 0.3) is 4.96 Å². The highest BCUT2D eigenvalue weighted by atomic mass is 32.2. The van der Waals surface area contributed by atoms with Gasteiger partial charge in [0.05, 0.1) is 0 Å². The fourth-order valence-corrected chi connectivity index (χ4v) is 5.87. The van der Waals surface area contributed by atoms with Gasteiger partial charge in [-0.3, -0.25) is 4.40 Å². The lowest BCUT2D eigenvalue weighted by Gasteiger charge is -2.29. The molecule has 2 aromatic heterocycles. The number of nitrogens with zero attached hydrogens (tertiary/aromatic N) is 3. The Labute approximate surface area is 119 Å². The molecule has 0 bridgehead atoms. The zero-order chi connectivity index (χ0) is 13.6. The third-order valence-electron chi connectivity index (χ3n) is 3.03. The Morgan fingerprint density at radius 1 is 1.53 bits per heavy atom. The van der Waals surface area contributed by atoms with Crippen LogP contribution in [0, 0.1) is 0 Å². The van der Waals surface area contributed by atoms with Gasteiger partial charge in [-0.2, -0.15) is 16.1 Å². The van der Waals surface area contributed by atoms with E-state index in [9.17, 15) is 8.42 Å². The van der Waals surface area contributed by atoms with E-state index < -0.39 is 10.0 Å². The molecule has 2 N–H and O–H groups in total. The summed E-state index contributed by atoms with van der Waals surface area (Å²) in [4.78, 5) is 4.71. The number of thiazole rings is 1. The number of imidazole rings is 1. The first-order chi connectivity index (χ1) is 9.00. The van der Waals surface area contributed by atoms with E-state index in [1.807, 2.05) is 6.92 Å². The quantitative estimate of drug-likeness (QED) is 0.897. The summed E-state index contributed by atoms with van der Waals surface area (Å²) in [7, 11) is -3.58. The maximum absolute atomic E-state index is 12.7. The fraction of sp³-hybridized carbons (Fsp3) is 0.500. The molecule has 1 aliphatic rings. The third-order valence-corrected chi connectivity index (χ3v) is 6.83. The molecule has 0 amide bonds. The first-order valence-corrected chi connectivity index (χ1v) is 9.20. The Bertz CT molecular complexity index is 705. The Kier molecular flexibility index (Phi) is 3.24. The number of fused-ring (bicyclic) bond motifs is 1. The van der Waals surface area contributed by atoms with Crippen molar-refractivity contribution in [3.63, 3.8) is 0 Å². The van der Waals surface area contributed by atoms with Crippen LogP contribution in [0.3, 0.4) is 0 Å². The number of hydrogen-bond donors (Lipinski definition) is 1. The Morgan fingerprint density at radius 2 is 2.32 bits per heavy atom. The molecule has 3 rings (SSSR count). The predicted molar refractivity (Wildman–Crippen MR) is 78.2 cm³/mol. The number of rotatable bonds is 2. The van der Waals surface area contributed by atoms with Crippen LogP contribution in [0.5, 0.6) is 0 Å². The Morgan fingerprint density at radius 3 is 3.05 bits per heavy atom. The van der Waals surface area contributed by atoms with Crippen LogP contribution in [0.4, 0.5) is 5.82 Å². The molecule has 1 saturated heterocycles. The minimum Gasteiger partial charge on any atom is -0.381 e. The van der Waals surface area contributed by atoms with Crippen molar-refractivity contribution >= 4 is 43.9 Å². The molecule has 1 aliphatic heterocycles. The summed E-state index contributed by atoms with van der Waals surface area (Å²) < 4.78 is 28.5. The van der Waals surface area contributed by atoms with Crippen molar-refractivity contribution < 1.29 is 8.42 Å². The molecule has 1 atom stereocenters. The number of anilines is 1. The van der Waals surface area contributed by atoms with Gasteiger partial charge in [-0.05, 0) is 0 Å². The van der Waals surface area contributed by atoms with Gasteiger partial charge in [-0.1, -0.05) is 6.92 Å². The van der Waals surface area contributed by atoms with Crippen LogP contribution in [-0.4, -0.2) is 46.2 Å². The molecule has 9 heteroatoms. The second kappa shape index (κ2) is 4.65. The lowest BCUT2D eigenvalue weighted by atomic mass is 10.4. The van der Waals surface area contributed by atoms with E-state index in [2.05, 4.69) is 4.98 Å². The van der Waals surface area contributed by atoms with Gasteiger partial charge in [0.25, 0.3) is 10.0 Å². The van der Waals surface area contributed by atoms with E-state index >= 15 is 0 Å². The normalized spacial score (nSPS) is 22.1. The molecule has 2 aromatic rings. The van der Waals surface area contributed by atoms with Gasteiger partial charge < -0.3 is 5.73 Å². The lowest BCUT2D eigenvalue weighted by molar-refractivity contribution is 0.422. The molecule has 1 unspecified atom stereocenters. The van der Waals surface area contributed by atoms with E-state index in [1.165, 1.54) is 15.6 Å². The molecule has 0 spiro atoms. The van der Waals surface area contributed by atoms with Gasteiger partial charge >= 0.3 is 0 Å². The highest BCUT2D eigenvalue weighted by molar-refractivity contribution is 8.00. The van der Waals surface area contributed by atoms with Crippen LogP contribution in [-0.2, 0) is 10.0 Å². The van der Waals surface area contributed by atoms with Gasteiger partial charge in [0.1, 0.15) is 0 Å². The summed E-state index contributed by atoms with van der Waals surface area (Å²) in [6.45, 7) is 3.07. The maximum Gasteiger partial charge on any atom is 0.262 e. The van der Waals surface area contributed by atoms with Crippen molar-refractivity contribution in [1.29, 1.82) is 0 Å². The van der Waals surface area contributed by atoms with Gasteiger partial charge in [0, 0.05) is 35.7 Å². The number of nitrogen functional groups attached to an aromatic ring is 1. The number of thioether (sulfide) groups is 1. The SMILES string of the molecule is CC1CN(S(=O)(=O)c2c(N)nc3sccn23)CCS1. The summed E-state index contributed by atoms with van der Waals surface area (Å²) in [6.07, 6.45) is 1.69. The number of sulfonamides is 1. The van der Waals surface area contributed by atoms with Crippen LogP contribution in [0.1, 0.15) is 6.92 Å². The topological polar surface area (TPSA) is 80.7 Å². The molecule has 0 aliphatic carbocycles. The number of nitrogens with two attached hydrogens (primary N) is 1. The van der Waals surface area contributed by atoms with E-state index in [-0.39, 0.29) is 10.8 Å². The monoisotopic (exact) mass is 318 g/mol. The van der Waals surface area contributed by atoms with Crippen molar-refractivity contribution in [3.8, 4) is 0 Å². The van der Waals surface area contributed by atoms with Gasteiger partial charge in [-0.25, -0.2) is 13.4 Å². The van der Waals surface area contributed by atoms with Crippen molar-refractivity contribution in [1.82, 2.24) is 13.7 Å². The van der Waals surface area contributed by atoms with Crippen molar-refractivity contribution in [2.45, 2.75) is 17.2 Å². The molecule has 104 valence electrons. The minimum absolute atomic E-state index is 0.0812. The first kappa shape index (κ1) is 13.2. The summed E-state index contributed by atoms with van der Waals surface area (Å²) in [6, 6.07) is 0. The van der Waals surface area contributed by atoms with E-state index in [0.29, 0.717) is 23.3 Å². The van der Waals surface area contributed by atoms with Crippen LogP contribution in [0.15, 0.2) is 16.6 Å². The van der Waals surface area contributed by atoms with Crippen molar-refractivity contribution in [2.24, 2.45) is 0 Å². The second-order valence-electron chi connectivity index (χ2n) is 4.40. The highest BCUT2D eigenvalue weighted by Gasteiger charge is 2.33. The van der Waals surface area contributed by atoms with E-state index in [1.54, 1.807) is 27.7 Å². The molecular weight excluding hydrogens is 304 g/mol. The maximum atomic E-state index is 12.7. The second-order valence-corrected chi connectivity index (χ2v) is 8.67. The molecule has 0 aromatic carbocycles. The average Bonchev–Trinajstić information content (AvgIpc) is 2.88. The predicted octanol–water partition coefficient (Wildman–Crippen LogP) is 1.10. The van der Waals surface area contributed by atoms with Gasteiger partial charge in [0.15, 0.2) is 15.8 Å². The Balaban J connectivity index is 2.08. The molecule has 19 heavy (non-hydrogen) atoms. The van der Waals surface area contributed by atoms with Gasteiger partial charge in [-0.15, -0.1) is 11.3 Å². The molecule has 0 radical (unpaired) electrons. The fourth-order valence-electron chi connectivity index (χ4n) is 2.17. The first-order valence-electron chi connectivity index (χ1n) is 5.83. The molecule has 3 heterocycles. The number of hydrogen-bond acceptors (Lipinski definition) is 6. The summed E-state index contributed by atoms with van der Waals surface area (Å²) in [5.41, 5.74) is 5.79. The third kappa shape index (κ3) is 2.14. The molecule has 1 fully saturated rings. The van der Waals surface area contributed by atoms with Crippen LogP contribution < -0.4 is 5.73 Å². The summed E-state index contributed by atoms with van der Waals surface area (Å²) in [5, 5.41) is 2.20. The van der Waals surface area contributed by atoms with E-state index in [0.717, 1.165) is 5.75 Å². The largest absolute Gasteiger partial charge is 0.381 e. The van der Waals surface area contributed by atoms with Crippen LogP contribution >= 0.6 is 23.1 Å². The summed E-state index contributed by atoms with van der Waals surface area (Å²) >= 11 is 3.16. The van der Waals surface area contributed by atoms with E-state index in [4.69, 9.17) is 5.73 Å². The van der Waals surface area contributed by atoms with Gasteiger partial charge in [0.2, 0.25) is 0 Å². The summed E-state index contributed by atoms with van der Waals surface area (Å²) in [5.74, 6) is 0.893. The smallest absolute Gasteiger partial charge is 0.262 e. The Hall–Kier alpha value is -0.770. The zero-order valence-corrected chi connectivity index (χ0v) is 12.8. The minimum atomic E-state index is -3.58. The average molecular weight is 318 g/mol. The van der Waals surface area contributed by atoms with Crippen molar-refractivity contribution in [3.05, 3.63) is 11.6 Å². The standard InChI is InChI=1S/C10H14N4O2S3/c1-7-6-13(2-4-17-7)19(15,16)9-8(11)12-10-14(9)3-5-18-10/h3,5,7H,2,4,6,11H2,1H3. The lowest BCUT2D eigenvalue weighted by Crippen LogP contribution is -2.41.